The first-order valence-corrected chi connectivity index (χ1v) is 5.29. The molecule has 0 heterocycles. The van der Waals surface area contributed by atoms with E-state index in [-0.39, 0.29) is 12.4 Å². The number of esters is 1. The van der Waals surface area contributed by atoms with Gasteiger partial charge in [0.2, 0.25) is 0 Å². The van der Waals surface area contributed by atoms with Crippen molar-refractivity contribution in [3.8, 4) is 5.75 Å². The Kier molecular flexibility index (Phi) is 4.48. The number of aromatic hydroxyl groups is 1. The maximum absolute atomic E-state index is 11.3. The van der Waals surface area contributed by atoms with Crippen LogP contribution in [0.25, 0.3) is 0 Å². The summed E-state index contributed by atoms with van der Waals surface area (Å²) in [5.41, 5.74) is 0.962. The van der Waals surface area contributed by atoms with Crippen LogP contribution in [0.15, 0.2) is 18.2 Å². The van der Waals surface area contributed by atoms with Crippen LogP contribution in [0.4, 0.5) is 0 Å². The number of hydrogen-bond donors (Lipinski definition) is 3. The van der Waals surface area contributed by atoms with Crippen molar-refractivity contribution in [3.05, 3.63) is 29.3 Å². The minimum absolute atomic E-state index is 0.0593. The topological polar surface area (TPSA) is 87.0 Å². The van der Waals surface area contributed by atoms with Crippen LogP contribution in [0.3, 0.4) is 0 Å². The number of phenols is 1. The summed E-state index contributed by atoms with van der Waals surface area (Å²) in [6, 6.07) is 4.28. The van der Waals surface area contributed by atoms with Gasteiger partial charge in [-0.05, 0) is 37.1 Å². The van der Waals surface area contributed by atoms with E-state index < -0.39 is 18.2 Å². The summed E-state index contributed by atoms with van der Waals surface area (Å²) in [4.78, 5) is 11.3. The van der Waals surface area contributed by atoms with Crippen LogP contribution in [-0.2, 0) is 9.53 Å². The summed E-state index contributed by atoms with van der Waals surface area (Å²) in [7, 11) is 0. The molecule has 2 atom stereocenters. The van der Waals surface area contributed by atoms with Gasteiger partial charge in [0.1, 0.15) is 11.9 Å². The molecule has 0 saturated carbocycles. The monoisotopic (exact) mass is 240 g/mol. The van der Waals surface area contributed by atoms with E-state index in [9.17, 15) is 20.1 Å². The van der Waals surface area contributed by atoms with Crippen LogP contribution in [0.1, 0.15) is 24.2 Å². The molecule has 5 nitrogen and oxygen atoms in total. The van der Waals surface area contributed by atoms with Gasteiger partial charge in [0.25, 0.3) is 0 Å². The van der Waals surface area contributed by atoms with E-state index in [2.05, 4.69) is 4.74 Å². The van der Waals surface area contributed by atoms with Crippen molar-refractivity contribution < 1.29 is 24.9 Å². The van der Waals surface area contributed by atoms with Crippen molar-refractivity contribution in [2.45, 2.75) is 26.1 Å². The summed E-state index contributed by atoms with van der Waals surface area (Å²) in [6.45, 7) is 3.41. The zero-order chi connectivity index (χ0) is 13.0. The molecule has 0 radical (unpaired) electrons. The third-order valence-corrected chi connectivity index (χ3v) is 2.40. The number of benzene rings is 1. The number of aliphatic hydroxyl groups excluding tert-OH is 2. The minimum atomic E-state index is -1.63. The Hall–Kier alpha value is -1.59. The summed E-state index contributed by atoms with van der Waals surface area (Å²) >= 11 is 0. The highest BCUT2D eigenvalue weighted by atomic mass is 16.5. The lowest BCUT2D eigenvalue weighted by Gasteiger charge is -2.18. The molecule has 0 saturated heterocycles. The molecule has 0 aromatic heterocycles. The van der Waals surface area contributed by atoms with Gasteiger partial charge in [-0.25, -0.2) is 4.79 Å². The van der Waals surface area contributed by atoms with E-state index in [0.717, 1.165) is 0 Å². The van der Waals surface area contributed by atoms with Crippen LogP contribution in [0.2, 0.25) is 0 Å². The molecule has 94 valence electrons. The first kappa shape index (κ1) is 13.5. The van der Waals surface area contributed by atoms with Gasteiger partial charge in [0.05, 0.1) is 6.61 Å². The van der Waals surface area contributed by atoms with Gasteiger partial charge in [-0.2, -0.15) is 0 Å². The lowest BCUT2D eigenvalue weighted by atomic mass is 9.99. The molecule has 3 N–H and O–H groups in total. The molecule has 5 heteroatoms. The second-order valence-electron chi connectivity index (χ2n) is 3.68. The molecule has 1 aromatic carbocycles. The third-order valence-electron chi connectivity index (χ3n) is 2.40. The number of ether oxygens (including phenoxy) is 1. The third kappa shape index (κ3) is 3.18. The molecular weight excluding hydrogens is 224 g/mol. The van der Waals surface area contributed by atoms with Gasteiger partial charge in [0.15, 0.2) is 6.10 Å². The Morgan fingerprint density at radius 2 is 2.06 bits per heavy atom. The molecule has 0 aliphatic heterocycles. The predicted molar refractivity (Wildman–Crippen MR) is 60.4 cm³/mol. The van der Waals surface area contributed by atoms with Gasteiger partial charge in [-0.15, -0.1) is 0 Å². The molecule has 1 aromatic rings. The second-order valence-corrected chi connectivity index (χ2v) is 3.68. The second kappa shape index (κ2) is 5.65. The highest BCUT2D eigenvalue weighted by Crippen LogP contribution is 2.24. The summed E-state index contributed by atoms with van der Waals surface area (Å²) in [5, 5.41) is 28.6. The highest BCUT2D eigenvalue weighted by molar-refractivity contribution is 5.75. The molecule has 17 heavy (non-hydrogen) atoms. The lowest BCUT2D eigenvalue weighted by Crippen LogP contribution is -2.30. The quantitative estimate of drug-likeness (QED) is 0.673. The predicted octanol–water partition coefficient (Wildman–Crippen LogP) is 0.658. The molecule has 2 unspecified atom stereocenters. The van der Waals surface area contributed by atoms with E-state index in [4.69, 9.17) is 0 Å². The van der Waals surface area contributed by atoms with Crippen LogP contribution in [0, 0.1) is 6.92 Å². The van der Waals surface area contributed by atoms with Crippen molar-refractivity contribution in [2.75, 3.05) is 6.61 Å². The molecule has 1 rings (SSSR count). The van der Waals surface area contributed by atoms with Gasteiger partial charge in [0, 0.05) is 0 Å². The van der Waals surface area contributed by atoms with Gasteiger partial charge < -0.3 is 20.1 Å². The number of aliphatic hydroxyl groups is 2. The Labute approximate surface area is 99.3 Å². The first-order valence-electron chi connectivity index (χ1n) is 5.29. The van der Waals surface area contributed by atoms with Gasteiger partial charge in [-0.1, -0.05) is 6.07 Å². The lowest BCUT2D eigenvalue weighted by molar-refractivity contribution is -0.159. The van der Waals surface area contributed by atoms with E-state index in [1.165, 1.54) is 18.2 Å². The number of carbonyl (C=O) groups is 1. The summed E-state index contributed by atoms with van der Waals surface area (Å²) in [6.07, 6.45) is -2.99. The van der Waals surface area contributed by atoms with Crippen LogP contribution in [0.5, 0.6) is 5.75 Å². The number of carbonyl (C=O) groups excluding carboxylic acids is 1. The molecule has 0 fully saturated rings. The van der Waals surface area contributed by atoms with E-state index in [0.29, 0.717) is 11.1 Å². The zero-order valence-electron chi connectivity index (χ0n) is 9.75. The van der Waals surface area contributed by atoms with Crippen LogP contribution >= 0.6 is 0 Å². The molecule has 0 bridgehead atoms. The Balaban J connectivity index is 2.88. The van der Waals surface area contributed by atoms with Crippen molar-refractivity contribution in [1.29, 1.82) is 0 Å². The first-order chi connectivity index (χ1) is 7.97. The van der Waals surface area contributed by atoms with E-state index >= 15 is 0 Å². The van der Waals surface area contributed by atoms with Crippen LogP contribution < -0.4 is 0 Å². The standard InChI is InChI=1S/C12H16O5/c1-3-17-12(16)11(15)10(14)9-5-4-8(13)6-7(9)2/h4-6,10-11,13-15H,3H2,1-2H3. The Morgan fingerprint density at radius 1 is 1.41 bits per heavy atom. The fraction of sp³-hybridized carbons (Fsp3) is 0.417. The van der Waals surface area contributed by atoms with Crippen molar-refractivity contribution in [1.82, 2.24) is 0 Å². The van der Waals surface area contributed by atoms with E-state index in [1.54, 1.807) is 13.8 Å². The van der Waals surface area contributed by atoms with Crippen molar-refractivity contribution in [3.63, 3.8) is 0 Å². The van der Waals surface area contributed by atoms with Crippen LogP contribution in [-0.4, -0.2) is 34.0 Å². The minimum Gasteiger partial charge on any atom is -0.508 e. The molecule has 0 spiro atoms. The summed E-state index contributed by atoms with van der Waals surface area (Å²) < 4.78 is 4.61. The van der Waals surface area contributed by atoms with E-state index in [1.807, 2.05) is 0 Å². The SMILES string of the molecule is CCOC(=O)C(O)C(O)c1ccc(O)cc1C. The average Bonchev–Trinajstić information content (AvgIpc) is 2.27. The Bertz CT molecular complexity index is 402. The molecule has 0 aliphatic rings. The average molecular weight is 240 g/mol. The summed E-state index contributed by atoms with van der Waals surface area (Å²) in [5.74, 6) is -0.809. The number of hydrogen-bond acceptors (Lipinski definition) is 5. The smallest absolute Gasteiger partial charge is 0.338 e. The largest absolute Gasteiger partial charge is 0.508 e. The van der Waals surface area contributed by atoms with Gasteiger partial charge in [-0.3, -0.25) is 0 Å². The maximum Gasteiger partial charge on any atom is 0.338 e. The molecular formula is C12H16O5. The highest BCUT2D eigenvalue weighted by Gasteiger charge is 2.27. The van der Waals surface area contributed by atoms with Gasteiger partial charge >= 0.3 is 5.97 Å². The molecule has 0 amide bonds. The number of rotatable bonds is 4. The molecule has 0 aliphatic carbocycles. The Morgan fingerprint density at radius 3 is 2.59 bits per heavy atom. The maximum atomic E-state index is 11.3. The van der Waals surface area contributed by atoms with Crippen molar-refractivity contribution in [2.24, 2.45) is 0 Å². The number of phenolic OH excluding ortho intramolecular Hbond substituents is 1. The van der Waals surface area contributed by atoms with Crippen molar-refractivity contribution >= 4 is 5.97 Å². The fourth-order valence-electron chi connectivity index (χ4n) is 1.52. The number of aryl methyl sites for hydroxylation is 1. The fourth-order valence-corrected chi connectivity index (χ4v) is 1.52. The zero-order valence-corrected chi connectivity index (χ0v) is 9.75. The normalized spacial score (nSPS) is 14.1.